The van der Waals surface area contributed by atoms with Gasteiger partial charge in [0.2, 0.25) is 5.91 Å². The maximum Gasteiger partial charge on any atom is 0.234 e. The third kappa shape index (κ3) is 4.86. The second-order valence-corrected chi connectivity index (χ2v) is 4.79. The number of carbonyl (C=O) groups is 2. The minimum atomic E-state index is -0.342. The highest BCUT2D eigenvalue weighted by atomic mass is 16.5. The number of ether oxygens (including phenoxy) is 1. The SMILES string of the molecule is CCNC(=O)CN(CC)C(C)C(=O)c1ccc(OC)cc1. The van der Waals surface area contributed by atoms with Gasteiger partial charge in [-0.2, -0.15) is 0 Å². The maximum absolute atomic E-state index is 12.5. The van der Waals surface area contributed by atoms with Crippen LogP contribution in [0.1, 0.15) is 31.1 Å². The van der Waals surface area contributed by atoms with Crippen molar-refractivity contribution in [3.8, 4) is 5.75 Å². The summed E-state index contributed by atoms with van der Waals surface area (Å²) in [4.78, 5) is 26.0. The van der Waals surface area contributed by atoms with Gasteiger partial charge in [0.1, 0.15) is 5.75 Å². The second-order valence-electron chi connectivity index (χ2n) is 4.79. The number of rotatable bonds is 8. The summed E-state index contributed by atoms with van der Waals surface area (Å²) in [7, 11) is 1.59. The Bertz CT molecular complexity index is 471. The fraction of sp³-hybridized carbons (Fsp3) is 0.500. The van der Waals surface area contributed by atoms with Gasteiger partial charge in [0, 0.05) is 12.1 Å². The Balaban J connectivity index is 2.75. The zero-order valence-electron chi connectivity index (χ0n) is 13.2. The molecule has 1 N–H and O–H groups in total. The molecule has 1 amide bonds. The first-order chi connectivity index (χ1) is 10.0. The summed E-state index contributed by atoms with van der Waals surface area (Å²) in [6, 6.07) is 6.68. The number of methoxy groups -OCH3 is 1. The molecule has 1 rings (SSSR count). The Hall–Kier alpha value is -1.88. The monoisotopic (exact) mass is 292 g/mol. The third-order valence-corrected chi connectivity index (χ3v) is 3.43. The number of carbonyl (C=O) groups excluding carboxylic acids is 2. The van der Waals surface area contributed by atoms with E-state index < -0.39 is 0 Å². The van der Waals surface area contributed by atoms with E-state index in [-0.39, 0.29) is 24.3 Å². The molecular weight excluding hydrogens is 268 g/mol. The van der Waals surface area contributed by atoms with Gasteiger partial charge in [-0.15, -0.1) is 0 Å². The number of hydrogen-bond donors (Lipinski definition) is 1. The van der Waals surface area contributed by atoms with Gasteiger partial charge in [-0.25, -0.2) is 0 Å². The standard InChI is InChI=1S/C16H24N2O3/c1-5-17-15(19)11-18(6-2)12(3)16(20)13-7-9-14(21-4)10-8-13/h7-10,12H,5-6,11H2,1-4H3,(H,17,19). The number of nitrogens with zero attached hydrogens (tertiary/aromatic N) is 1. The van der Waals surface area contributed by atoms with Crippen molar-refractivity contribution in [1.29, 1.82) is 0 Å². The highest BCUT2D eigenvalue weighted by molar-refractivity contribution is 6.00. The maximum atomic E-state index is 12.5. The van der Waals surface area contributed by atoms with Crippen LogP contribution in [0.15, 0.2) is 24.3 Å². The van der Waals surface area contributed by atoms with E-state index in [1.54, 1.807) is 31.4 Å². The molecule has 1 aromatic carbocycles. The van der Waals surface area contributed by atoms with Crippen LogP contribution in [0.3, 0.4) is 0 Å². The van der Waals surface area contributed by atoms with E-state index in [1.165, 1.54) is 0 Å². The van der Waals surface area contributed by atoms with Crippen LogP contribution >= 0.6 is 0 Å². The molecule has 0 saturated carbocycles. The van der Waals surface area contributed by atoms with Gasteiger partial charge >= 0.3 is 0 Å². The van der Waals surface area contributed by atoms with Gasteiger partial charge in [0.25, 0.3) is 0 Å². The minimum Gasteiger partial charge on any atom is -0.497 e. The fourth-order valence-corrected chi connectivity index (χ4v) is 2.12. The molecule has 0 aromatic heterocycles. The molecule has 0 spiro atoms. The fourth-order valence-electron chi connectivity index (χ4n) is 2.12. The lowest BCUT2D eigenvalue weighted by Gasteiger charge is -2.26. The Morgan fingerprint density at radius 1 is 1.24 bits per heavy atom. The van der Waals surface area contributed by atoms with Crippen molar-refractivity contribution in [3.05, 3.63) is 29.8 Å². The highest BCUT2D eigenvalue weighted by Gasteiger charge is 2.23. The van der Waals surface area contributed by atoms with Gasteiger partial charge < -0.3 is 10.1 Å². The van der Waals surface area contributed by atoms with Crippen molar-refractivity contribution in [3.63, 3.8) is 0 Å². The van der Waals surface area contributed by atoms with Gasteiger partial charge in [0.05, 0.1) is 19.7 Å². The molecule has 0 aliphatic carbocycles. The van der Waals surface area contributed by atoms with E-state index in [1.807, 2.05) is 25.7 Å². The van der Waals surface area contributed by atoms with Crippen LogP contribution in [-0.2, 0) is 4.79 Å². The molecule has 0 heterocycles. The highest BCUT2D eigenvalue weighted by Crippen LogP contribution is 2.14. The summed E-state index contributed by atoms with van der Waals surface area (Å²) in [5, 5.41) is 2.75. The molecule has 0 aliphatic heterocycles. The predicted molar refractivity (Wildman–Crippen MR) is 82.7 cm³/mol. The zero-order valence-corrected chi connectivity index (χ0v) is 13.2. The van der Waals surface area contributed by atoms with Gasteiger partial charge in [-0.1, -0.05) is 6.92 Å². The molecule has 21 heavy (non-hydrogen) atoms. The summed E-state index contributed by atoms with van der Waals surface area (Å²) in [5.41, 5.74) is 0.623. The summed E-state index contributed by atoms with van der Waals surface area (Å²) in [6.45, 7) is 7.11. The number of nitrogens with one attached hydrogen (secondary N) is 1. The van der Waals surface area contributed by atoms with Gasteiger partial charge in [-0.05, 0) is 44.7 Å². The second kappa shape index (κ2) is 8.42. The summed E-state index contributed by atoms with van der Waals surface area (Å²) in [6.07, 6.45) is 0. The first-order valence-electron chi connectivity index (χ1n) is 7.22. The van der Waals surface area contributed by atoms with Crippen LogP contribution < -0.4 is 10.1 Å². The lowest BCUT2D eigenvalue weighted by atomic mass is 10.0. The minimum absolute atomic E-state index is 0.00352. The topological polar surface area (TPSA) is 58.6 Å². The number of likely N-dealkylation sites (N-methyl/N-ethyl adjacent to an activating group) is 2. The van der Waals surface area contributed by atoms with Crippen molar-refractivity contribution in [2.75, 3.05) is 26.7 Å². The quantitative estimate of drug-likeness (QED) is 0.741. The Morgan fingerprint density at radius 2 is 1.86 bits per heavy atom. The molecule has 0 fully saturated rings. The normalized spacial score (nSPS) is 12.0. The molecule has 0 radical (unpaired) electrons. The zero-order chi connectivity index (χ0) is 15.8. The van der Waals surface area contributed by atoms with Crippen molar-refractivity contribution >= 4 is 11.7 Å². The summed E-state index contributed by atoms with van der Waals surface area (Å²) < 4.78 is 5.08. The number of Topliss-reactive ketones (excluding diaryl/α,β-unsaturated/α-hetero) is 1. The van der Waals surface area contributed by atoms with Gasteiger partial charge in [-0.3, -0.25) is 14.5 Å². The Morgan fingerprint density at radius 3 is 2.33 bits per heavy atom. The smallest absolute Gasteiger partial charge is 0.234 e. The molecule has 5 heteroatoms. The van der Waals surface area contributed by atoms with Gasteiger partial charge in [0.15, 0.2) is 5.78 Å². The lowest BCUT2D eigenvalue weighted by molar-refractivity contribution is -0.122. The Labute approximate surface area is 126 Å². The van der Waals surface area contributed by atoms with Crippen molar-refractivity contribution in [2.45, 2.75) is 26.8 Å². The third-order valence-electron chi connectivity index (χ3n) is 3.43. The molecule has 0 saturated heterocycles. The first-order valence-corrected chi connectivity index (χ1v) is 7.22. The molecule has 116 valence electrons. The van der Waals surface area contributed by atoms with Crippen LogP contribution in [0.4, 0.5) is 0 Å². The number of amides is 1. The number of hydrogen-bond acceptors (Lipinski definition) is 4. The van der Waals surface area contributed by atoms with Crippen LogP contribution in [0.25, 0.3) is 0 Å². The Kier molecular flexibility index (Phi) is 6.88. The molecule has 5 nitrogen and oxygen atoms in total. The first kappa shape index (κ1) is 17.2. The molecular formula is C16H24N2O3. The van der Waals surface area contributed by atoms with E-state index in [4.69, 9.17) is 4.74 Å². The van der Waals surface area contributed by atoms with E-state index >= 15 is 0 Å². The van der Waals surface area contributed by atoms with Crippen LogP contribution in [0.5, 0.6) is 5.75 Å². The molecule has 0 aliphatic rings. The van der Waals surface area contributed by atoms with Crippen molar-refractivity contribution in [2.24, 2.45) is 0 Å². The van der Waals surface area contributed by atoms with Crippen molar-refractivity contribution < 1.29 is 14.3 Å². The van der Waals surface area contributed by atoms with E-state index in [0.717, 1.165) is 0 Å². The van der Waals surface area contributed by atoms with E-state index in [0.29, 0.717) is 24.4 Å². The number of ketones is 1. The molecule has 1 unspecified atom stereocenters. The van der Waals surface area contributed by atoms with E-state index in [9.17, 15) is 9.59 Å². The largest absolute Gasteiger partial charge is 0.497 e. The lowest BCUT2D eigenvalue weighted by Crippen LogP contribution is -2.45. The molecule has 0 bridgehead atoms. The average molecular weight is 292 g/mol. The van der Waals surface area contributed by atoms with E-state index in [2.05, 4.69) is 5.32 Å². The molecule has 1 aromatic rings. The summed E-state index contributed by atoms with van der Waals surface area (Å²) in [5.74, 6) is 0.659. The van der Waals surface area contributed by atoms with Crippen LogP contribution in [0, 0.1) is 0 Å². The molecule has 1 atom stereocenters. The predicted octanol–water partition coefficient (Wildman–Crippen LogP) is 1.72. The number of benzene rings is 1. The van der Waals surface area contributed by atoms with Crippen molar-refractivity contribution in [1.82, 2.24) is 10.2 Å². The van der Waals surface area contributed by atoms with Crippen LogP contribution in [-0.4, -0.2) is 49.4 Å². The average Bonchev–Trinajstić information content (AvgIpc) is 2.51. The summed E-state index contributed by atoms with van der Waals surface area (Å²) >= 11 is 0. The van der Waals surface area contributed by atoms with Crippen LogP contribution in [0.2, 0.25) is 0 Å².